The summed E-state index contributed by atoms with van der Waals surface area (Å²) in [4.78, 5) is 12.8. The molecule has 0 spiro atoms. The molecule has 0 aromatic carbocycles. The smallest absolute Gasteiger partial charge is 0.181 e. The largest absolute Gasteiger partial charge is 0.491 e. The zero-order valence-electron chi connectivity index (χ0n) is 11.1. The molecule has 20 heavy (non-hydrogen) atoms. The van der Waals surface area contributed by atoms with Crippen LogP contribution < -0.4 is 4.74 Å². The Morgan fingerprint density at radius 2 is 2.10 bits per heavy atom. The minimum atomic E-state index is 0.128. The Kier molecular flexibility index (Phi) is 3.28. The van der Waals surface area contributed by atoms with Crippen molar-refractivity contribution in [2.24, 2.45) is 0 Å². The van der Waals surface area contributed by atoms with Crippen molar-refractivity contribution < 1.29 is 4.74 Å². The van der Waals surface area contributed by atoms with Crippen LogP contribution in [-0.4, -0.2) is 25.5 Å². The number of halogens is 1. The zero-order valence-corrected chi connectivity index (χ0v) is 11.9. The van der Waals surface area contributed by atoms with E-state index in [2.05, 4.69) is 15.0 Å². The number of nitrogens with zero attached hydrogens (tertiary/aromatic N) is 4. The summed E-state index contributed by atoms with van der Waals surface area (Å²) in [6, 6.07) is 5.42. The molecule has 0 aliphatic rings. The number of ether oxygens (including phenoxy) is 1. The molecular weight excluding hydrogens is 276 g/mol. The lowest BCUT2D eigenvalue weighted by Crippen LogP contribution is -2.05. The summed E-state index contributed by atoms with van der Waals surface area (Å²) in [5, 5.41) is 0.399. The van der Waals surface area contributed by atoms with Crippen molar-refractivity contribution in [3.05, 3.63) is 41.9 Å². The molecule has 3 heterocycles. The average Bonchev–Trinajstić information content (AvgIpc) is 2.81. The Labute approximate surface area is 121 Å². The molecule has 0 aliphatic heterocycles. The maximum Gasteiger partial charge on any atom is 0.181 e. The monoisotopic (exact) mass is 288 g/mol. The molecule has 0 aliphatic carbocycles. The molecule has 6 heteroatoms. The van der Waals surface area contributed by atoms with Gasteiger partial charge in [-0.1, -0.05) is 11.6 Å². The van der Waals surface area contributed by atoms with Gasteiger partial charge >= 0.3 is 0 Å². The van der Waals surface area contributed by atoms with Gasteiger partial charge in [-0.15, -0.1) is 0 Å². The third-order valence-corrected chi connectivity index (χ3v) is 2.86. The van der Waals surface area contributed by atoms with Gasteiger partial charge in [-0.05, 0) is 26.0 Å². The summed E-state index contributed by atoms with van der Waals surface area (Å²) >= 11 is 5.87. The molecule has 0 N–H and O–H groups in total. The van der Waals surface area contributed by atoms with Crippen molar-refractivity contribution in [2.45, 2.75) is 20.0 Å². The quantitative estimate of drug-likeness (QED) is 0.694. The van der Waals surface area contributed by atoms with Gasteiger partial charge < -0.3 is 9.14 Å². The van der Waals surface area contributed by atoms with Crippen LogP contribution in [0.3, 0.4) is 0 Å². The van der Waals surface area contributed by atoms with Crippen molar-refractivity contribution in [3.8, 4) is 17.3 Å². The molecule has 0 atom stereocenters. The first-order valence-electron chi connectivity index (χ1n) is 6.26. The summed E-state index contributed by atoms with van der Waals surface area (Å²) in [7, 11) is 0. The highest BCUT2D eigenvalue weighted by atomic mass is 35.5. The normalized spacial score (nSPS) is 11.2. The first-order valence-corrected chi connectivity index (χ1v) is 6.64. The van der Waals surface area contributed by atoms with Crippen molar-refractivity contribution in [1.82, 2.24) is 19.4 Å². The number of hydrogen-bond acceptors (Lipinski definition) is 4. The molecule has 0 bridgehead atoms. The molecule has 0 amide bonds. The minimum Gasteiger partial charge on any atom is -0.491 e. The number of aromatic nitrogens is 4. The van der Waals surface area contributed by atoms with E-state index in [4.69, 9.17) is 16.3 Å². The Bertz CT molecular complexity index is 754. The standard InChI is InChI=1S/C14H13ClN4O/c1-9(2)20-10-4-6-19-8-11(17-13(19)7-10)14-16-5-3-12(15)18-14/h3-9H,1-2H3. The Morgan fingerprint density at radius 1 is 1.25 bits per heavy atom. The van der Waals surface area contributed by atoms with Crippen LogP contribution in [-0.2, 0) is 0 Å². The Morgan fingerprint density at radius 3 is 2.85 bits per heavy atom. The van der Waals surface area contributed by atoms with Crippen LogP contribution in [0.5, 0.6) is 5.75 Å². The second-order valence-corrected chi connectivity index (χ2v) is 5.01. The summed E-state index contributed by atoms with van der Waals surface area (Å²) < 4.78 is 7.55. The molecule has 102 valence electrons. The minimum absolute atomic E-state index is 0.128. The van der Waals surface area contributed by atoms with Gasteiger partial charge in [0.05, 0.1) is 6.10 Å². The van der Waals surface area contributed by atoms with Gasteiger partial charge in [0.15, 0.2) is 5.82 Å². The zero-order chi connectivity index (χ0) is 14.1. The Balaban J connectivity index is 2.02. The van der Waals surface area contributed by atoms with Crippen LogP contribution in [0.1, 0.15) is 13.8 Å². The number of fused-ring (bicyclic) bond motifs is 1. The number of pyridine rings is 1. The van der Waals surface area contributed by atoms with E-state index in [1.165, 1.54) is 0 Å². The molecule has 3 aromatic heterocycles. The maximum absolute atomic E-state index is 5.87. The highest BCUT2D eigenvalue weighted by Crippen LogP contribution is 2.20. The van der Waals surface area contributed by atoms with Gasteiger partial charge in [-0.25, -0.2) is 15.0 Å². The first kappa shape index (κ1) is 12.9. The third kappa shape index (κ3) is 2.58. The fraction of sp³-hybridized carbons (Fsp3) is 0.214. The Hall–Kier alpha value is -2.14. The van der Waals surface area contributed by atoms with Gasteiger partial charge in [-0.2, -0.15) is 0 Å². The van der Waals surface area contributed by atoms with Crippen LogP contribution in [0.4, 0.5) is 0 Å². The molecule has 0 fully saturated rings. The number of rotatable bonds is 3. The van der Waals surface area contributed by atoms with Gasteiger partial charge in [0.25, 0.3) is 0 Å². The summed E-state index contributed by atoms with van der Waals surface area (Å²) in [6.07, 6.45) is 5.50. The molecule has 3 aromatic rings. The molecule has 0 saturated heterocycles. The van der Waals surface area contributed by atoms with Crippen molar-refractivity contribution in [2.75, 3.05) is 0 Å². The highest BCUT2D eigenvalue weighted by Gasteiger charge is 2.08. The average molecular weight is 289 g/mol. The molecule has 0 unspecified atom stereocenters. The van der Waals surface area contributed by atoms with E-state index < -0.39 is 0 Å². The lowest BCUT2D eigenvalue weighted by molar-refractivity contribution is 0.242. The SMILES string of the molecule is CC(C)Oc1ccn2cc(-c3nccc(Cl)n3)nc2c1. The topological polar surface area (TPSA) is 52.3 Å². The van der Waals surface area contributed by atoms with Crippen LogP contribution in [0.15, 0.2) is 36.8 Å². The van der Waals surface area contributed by atoms with Crippen LogP contribution in [0, 0.1) is 0 Å². The molecule has 0 radical (unpaired) electrons. The van der Waals surface area contributed by atoms with E-state index in [0.717, 1.165) is 11.4 Å². The summed E-state index contributed by atoms with van der Waals surface area (Å²) in [6.45, 7) is 3.97. The van der Waals surface area contributed by atoms with E-state index in [9.17, 15) is 0 Å². The third-order valence-electron chi connectivity index (χ3n) is 2.65. The van der Waals surface area contributed by atoms with Crippen LogP contribution in [0.25, 0.3) is 17.2 Å². The van der Waals surface area contributed by atoms with Crippen LogP contribution >= 0.6 is 11.6 Å². The molecular formula is C14H13ClN4O. The maximum atomic E-state index is 5.87. The molecule has 3 rings (SSSR count). The molecule has 5 nitrogen and oxygen atoms in total. The van der Waals surface area contributed by atoms with Crippen molar-refractivity contribution in [1.29, 1.82) is 0 Å². The molecule has 0 saturated carbocycles. The van der Waals surface area contributed by atoms with Gasteiger partial charge in [0.2, 0.25) is 0 Å². The summed E-state index contributed by atoms with van der Waals surface area (Å²) in [5.41, 5.74) is 1.45. The van der Waals surface area contributed by atoms with Gasteiger partial charge in [-0.3, -0.25) is 0 Å². The van der Waals surface area contributed by atoms with E-state index in [0.29, 0.717) is 16.7 Å². The highest BCUT2D eigenvalue weighted by molar-refractivity contribution is 6.29. The summed E-state index contributed by atoms with van der Waals surface area (Å²) in [5.74, 6) is 1.30. The fourth-order valence-corrected chi connectivity index (χ4v) is 2.01. The van der Waals surface area contributed by atoms with E-state index in [-0.39, 0.29) is 6.10 Å². The van der Waals surface area contributed by atoms with Crippen LogP contribution in [0.2, 0.25) is 5.15 Å². The van der Waals surface area contributed by atoms with E-state index in [1.54, 1.807) is 12.3 Å². The fourth-order valence-electron chi connectivity index (χ4n) is 1.88. The first-order chi connectivity index (χ1) is 9.61. The van der Waals surface area contributed by atoms with E-state index in [1.807, 2.05) is 42.8 Å². The lowest BCUT2D eigenvalue weighted by Gasteiger charge is -2.08. The predicted molar refractivity (Wildman–Crippen MR) is 77.0 cm³/mol. The van der Waals surface area contributed by atoms with E-state index >= 15 is 0 Å². The van der Waals surface area contributed by atoms with Gasteiger partial charge in [0, 0.05) is 24.7 Å². The number of hydrogen-bond donors (Lipinski definition) is 0. The van der Waals surface area contributed by atoms with Crippen molar-refractivity contribution in [3.63, 3.8) is 0 Å². The second-order valence-electron chi connectivity index (χ2n) is 4.62. The van der Waals surface area contributed by atoms with Gasteiger partial charge in [0.1, 0.15) is 22.2 Å². The number of imidazole rings is 1. The lowest BCUT2D eigenvalue weighted by atomic mass is 10.4. The van der Waals surface area contributed by atoms with Crippen molar-refractivity contribution >= 4 is 17.2 Å². The predicted octanol–water partition coefficient (Wildman–Crippen LogP) is 3.23. The second kappa shape index (κ2) is 5.09.